The molecule has 0 fully saturated rings. The number of nitrogens with zero attached hydrogens (tertiary/aromatic N) is 1. The molecule has 1 rings (SSSR count). The summed E-state index contributed by atoms with van der Waals surface area (Å²) >= 11 is 0. The van der Waals surface area contributed by atoms with Gasteiger partial charge in [0.2, 0.25) is 0 Å². The predicted octanol–water partition coefficient (Wildman–Crippen LogP) is 2.90. The van der Waals surface area contributed by atoms with Crippen molar-refractivity contribution < 1.29 is 0 Å². The predicted molar refractivity (Wildman–Crippen MR) is 53.2 cm³/mol. The maximum Gasteiger partial charge on any atom is 0.0661 e. The molecule has 0 aliphatic heterocycles. The van der Waals surface area contributed by atoms with Crippen LogP contribution in [0.4, 0.5) is 0 Å². The van der Waals surface area contributed by atoms with Gasteiger partial charge in [0, 0.05) is 5.69 Å². The van der Waals surface area contributed by atoms with Crippen molar-refractivity contribution in [2.24, 2.45) is 0 Å². The van der Waals surface area contributed by atoms with Crippen LogP contribution in [0, 0.1) is 13.8 Å². The first-order valence-electron chi connectivity index (χ1n) is 4.28. The van der Waals surface area contributed by atoms with E-state index in [1.165, 1.54) is 11.1 Å². The first kappa shape index (κ1) is 8.98. The summed E-state index contributed by atoms with van der Waals surface area (Å²) in [5.41, 5.74) is 4.74. The summed E-state index contributed by atoms with van der Waals surface area (Å²) in [6, 6.07) is 2.12. The van der Waals surface area contributed by atoms with Crippen LogP contribution in [0.15, 0.2) is 12.6 Å². The zero-order valence-electron chi connectivity index (χ0n) is 8.02. The summed E-state index contributed by atoms with van der Waals surface area (Å²) in [5.74, 6) is 0. The van der Waals surface area contributed by atoms with Crippen LogP contribution >= 0.6 is 0 Å². The van der Waals surface area contributed by atoms with Crippen LogP contribution in [0.3, 0.4) is 0 Å². The zero-order chi connectivity index (χ0) is 9.14. The van der Waals surface area contributed by atoms with Crippen molar-refractivity contribution in [3.05, 3.63) is 35.2 Å². The van der Waals surface area contributed by atoms with Gasteiger partial charge in [-0.25, -0.2) is 0 Å². The Labute approximate surface area is 74.2 Å². The molecular formula is C11H15N. The minimum absolute atomic E-state index is 1.03. The molecule has 0 atom stereocenters. The first-order valence-corrected chi connectivity index (χ1v) is 4.28. The third kappa shape index (κ3) is 1.55. The van der Waals surface area contributed by atoms with E-state index in [9.17, 15) is 0 Å². The highest BCUT2D eigenvalue weighted by molar-refractivity contribution is 5.50. The second kappa shape index (κ2) is 3.53. The van der Waals surface area contributed by atoms with E-state index in [0.29, 0.717) is 0 Å². The third-order valence-electron chi connectivity index (χ3n) is 2.05. The molecule has 1 aromatic rings. The van der Waals surface area contributed by atoms with Gasteiger partial charge in [0.05, 0.1) is 5.69 Å². The van der Waals surface area contributed by atoms with E-state index in [0.717, 1.165) is 17.8 Å². The second-order valence-corrected chi connectivity index (χ2v) is 3.00. The van der Waals surface area contributed by atoms with Crippen LogP contribution in [0.2, 0.25) is 0 Å². The highest BCUT2D eigenvalue weighted by Gasteiger charge is 2.02. The average molecular weight is 161 g/mol. The number of hydrogen-bond acceptors (Lipinski definition) is 1. The van der Waals surface area contributed by atoms with Gasteiger partial charge in [0.15, 0.2) is 0 Å². The van der Waals surface area contributed by atoms with Crippen LogP contribution in [-0.4, -0.2) is 4.98 Å². The van der Waals surface area contributed by atoms with Gasteiger partial charge in [0.1, 0.15) is 0 Å². The summed E-state index contributed by atoms with van der Waals surface area (Å²) in [6.45, 7) is 10.0. The van der Waals surface area contributed by atoms with Gasteiger partial charge in [0.25, 0.3) is 0 Å². The molecule has 0 aliphatic rings. The monoisotopic (exact) mass is 161 g/mol. The fourth-order valence-electron chi connectivity index (χ4n) is 1.52. The highest BCUT2D eigenvalue weighted by Crippen LogP contribution is 2.15. The van der Waals surface area contributed by atoms with E-state index >= 15 is 0 Å². The minimum atomic E-state index is 1.03. The van der Waals surface area contributed by atoms with Gasteiger partial charge in [-0.15, -0.1) is 0 Å². The Bertz CT molecular complexity index is 300. The number of aromatic nitrogens is 1. The Morgan fingerprint density at radius 2 is 2.17 bits per heavy atom. The van der Waals surface area contributed by atoms with Crippen molar-refractivity contribution >= 4 is 6.08 Å². The van der Waals surface area contributed by atoms with E-state index in [2.05, 4.69) is 31.5 Å². The third-order valence-corrected chi connectivity index (χ3v) is 2.05. The molecule has 0 unspecified atom stereocenters. The van der Waals surface area contributed by atoms with Crippen molar-refractivity contribution in [1.82, 2.24) is 4.98 Å². The van der Waals surface area contributed by atoms with E-state index < -0.39 is 0 Å². The average Bonchev–Trinajstić information content (AvgIpc) is 2.03. The lowest BCUT2D eigenvalue weighted by atomic mass is 10.0. The van der Waals surface area contributed by atoms with Crippen LogP contribution in [0.1, 0.15) is 29.4 Å². The van der Waals surface area contributed by atoms with Gasteiger partial charge in [-0.2, -0.15) is 0 Å². The quantitative estimate of drug-likeness (QED) is 0.650. The van der Waals surface area contributed by atoms with Crippen LogP contribution in [0.25, 0.3) is 6.08 Å². The maximum absolute atomic E-state index is 4.41. The number of aryl methyl sites for hydroxylation is 2. The molecule has 0 amide bonds. The molecule has 0 bridgehead atoms. The van der Waals surface area contributed by atoms with Crippen molar-refractivity contribution in [2.45, 2.75) is 27.2 Å². The maximum atomic E-state index is 4.41. The summed E-state index contributed by atoms with van der Waals surface area (Å²) in [6.07, 6.45) is 2.86. The number of hydrogen-bond donors (Lipinski definition) is 0. The van der Waals surface area contributed by atoms with Gasteiger partial charge < -0.3 is 0 Å². The normalized spacial score (nSPS) is 9.92. The molecule has 0 saturated carbocycles. The van der Waals surface area contributed by atoms with Crippen LogP contribution in [-0.2, 0) is 6.42 Å². The molecule has 1 aromatic heterocycles. The first-order chi connectivity index (χ1) is 5.69. The molecule has 1 nitrogen and oxygen atoms in total. The molecule has 0 radical (unpaired) electrons. The van der Waals surface area contributed by atoms with E-state index in [4.69, 9.17) is 0 Å². The van der Waals surface area contributed by atoms with Crippen LogP contribution < -0.4 is 0 Å². The standard InChI is InChI=1S/C11H15N/c1-5-10-8(3)7-9(4)12-11(10)6-2/h6-7H,2,5H2,1,3-4H3. The topological polar surface area (TPSA) is 12.9 Å². The summed E-state index contributed by atoms with van der Waals surface area (Å²) in [4.78, 5) is 4.41. The van der Waals surface area contributed by atoms with E-state index in [1.54, 1.807) is 0 Å². The molecule has 0 saturated heterocycles. The molecule has 1 heterocycles. The van der Waals surface area contributed by atoms with Crippen LogP contribution in [0.5, 0.6) is 0 Å². The van der Waals surface area contributed by atoms with E-state index in [1.807, 2.05) is 13.0 Å². The smallest absolute Gasteiger partial charge is 0.0661 e. The summed E-state index contributed by atoms with van der Waals surface area (Å²) < 4.78 is 0. The Hall–Kier alpha value is -1.11. The lowest BCUT2D eigenvalue weighted by Crippen LogP contribution is -1.96. The van der Waals surface area contributed by atoms with Crippen molar-refractivity contribution in [3.63, 3.8) is 0 Å². The molecule has 12 heavy (non-hydrogen) atoms. The number of rotatable bonds is 2. The minimum Gasteiger partial charge on any atom is -0.253 e. The highest BCUT2D eigenvalue weighted by atomic mass is 14.7. The van der Waals surface area contributed by atoms with E-state index in [-0.39, 0.29) is 0 Å². The van der Waals surface area contributed by atoms with Gasteiger partial charge in [-0.05, 0) is 43.5 Å². The SMILES string of the molecule is C=Cc1nc(C)cc(C)c1CC. The summed E-state index contributed by atoms with van der Waals surface area (Å²) in [7, 11) is 0. The Kier molecular flexibility index (Phi) is 2.64. The number of pyridine rings is 1. The molecule has 0 aromatic carbocycles. The van der Waals surface area contributed by atoms with Crippen molar-refractivity contribution in [1.29, 1.82) is 0 Å². The second-order valence-electron chi connectivity index (χ2n) is 3.00. The fourth-order valence-corrected chi connectivity index (χ4v) is 1.52. The Balaban J connectivity index is 3.33. The van der Waals surface area contributed by atoms with Gasteiger partial charge >= 0.3 is 0 Å². The zero-order valence-corrected chi connectivity index (χ0v) is 8.02. The molecule has 0 N–H and O–H groups in total. The van der Waals surface area contributed by atoms with Crippen molar-refractivity contribution in [2.75, 3.05) is 0 Å². The molecule has 0 aliphatic carbocycles. The lowest BCUT2D eigenvalue weighted by Gasteiger charge is -2.07. The van der Waals surface area contributed by atoms with Crippen molar-refractivity contribution in [3.8, 4) is 0 Å². The van der Waals surface area contributed by atoms with Gasteiger partial charge in [-0.3, -0.25) is 4.98 Å². The molecule has 64 valence electrons. The fraction of sp³-hybridized carbons (Fsp3) is 0.364. The largest absolute Gasteiger partial charge is 0.253 e. The molecule has 1 heteroatoms. The Morgan fingerprint density at radius 1 is 1.50 bits per heavy atom. The molecular weight excluding hydrogens is 146 g/mol. The molecule has 0 spiro atoms. The Morgan fingerprint density at radius 3 is 2.67 bits per heavy atom. The lowest BCUT2D eigenvalue weighted by molar-refractivity contribution is 1.03. The summed E-state index contributed by atoms with van der Waals surface area (Å²) in [5, 5.41) is 0. The van der Waals surface area contributed by atoms with Gasteiger partial charge in [-0.1, -0.05) is 13.5 Å².